The summed E-state index contributed by atoms with van der Waals surface area (Å²) in [7, 11) is 0. The Morgan fingerprint density at radius 3 is 2.42 bits per heavy atom. The van der Waals surface area contributed by atoms with Crippen molar-refractivity contribution >= 4 is 29.7 Å². The number of aliphatic hydroxyl groups excluding tert-OH is 8. The van der Waals surface area contributed by atoms with Gasteiger partial charge in [0, 0.05) is 18.7 Å². The molecular weight excluding hydrogens is 532 g/mol. The molecule has 1 heterocycles. The van der Waals surface area contributed by atoms with Gasteiger partial charge < -0.3 is 65.3 Å². The van der Waals surface area contributed by atoms with E-state index in [4.69, 9.17) is 14.3 Å². The molecule has 0 aromatic heterocycles. The molecule has 0 radical (unpaired) electrons. The Bertz CT molecular complexity index is 717. The van der Waals surface area contributed by atoms with Crippen molar-refractivity contribution < 1.29 is 64.8 Å². The number of thioether (sulfide) groups is 1. The van der Waals surface area contributed by atoms with E-state index in [-0.39, 0.29) is 5.78 Å². The van der Waals surface area contributed by atoms with Crippen LogP contribution in [0.2, 0.25) is 0 Å². The lowest BCUT2D eigenvalue weighted by molar-refractivity contribution is -0.326. The SMILES string of the molecule is CC(=O)CCCCSCCNC(=O)CO/N=C/C(O)[C@@H](O)[C@H](O[C@H]1OC(CO)[C@@H](O)[C@H](O)C1O)C(O)CO. The first-order valence-corrected chi connectivity index (χ1v) is 13.3. The van der Waals surface area contributed by atoms with Gasteiger partial charge in [-0.3, -0.25) is 4.79 Å². The van der Waals surface area contributed by atoms with Gasteiger partial charge >= 0.3 is 0 Å². The van der Waals surface area contributed by atoms with E-state index in [9.17, 15) is 50.4 Å². The van der Waals surface area contributed by atoms with Crippen molar-refractivity contribution in [2.24, 2.45) is 5.16 Å². The third-order valence-corrected chi connectivity index (χ3v) is 6.58. The van der Waals surface area contributed by atoms with Crippen LogP contribution in [0.4, 0.5) is 0 Å². The van der Waals surface area contributed by atoms with E-state index in [1.54, 1.807) is 18.7 Å². The first-order chi connectivity index (χ1) is 18.0. The number of ketones is 1. The number of carbonyl (C=O) groups excluding carboxylic acids is 2. The third kappa shape index (κ3) is 12.2. The highest BCUT2D eigenvalue weighted by molar-refractivity contribution is 7.99. The van der Waals surface area contributed by atoms with Gasteiger partial charge in [-0.05, 0) is 25.5 Å². The molecule has 1 fully saturated rings. The number of carbonyl (C=O) groups is 2. The molecule has 0 aliphatic carbocycles. The van der Waals surface area contributed by atoms with Crippen LogP contribution in [0.3, 0.4) is 0 Å². The number of unbranched alkanes of at least 4 members (excludes halogenated alkanes) is 1. The van der Waals surface area contributed by atoms with E-state index >= 15 is 0 Å². The number of aliphatic hydroxyl groups is 8. The van der Waals surface area contributed by atoms with Gasteiger partial charge in [-0.1, -0.05) is 5.16 Å². The highest BCUT2D eigenvalue weighted by Crippen LogP contribution is 2.24. The quantitative estimate of drug-likeness (QED) is 0.0405. The molecule has 15 nitrogen and oxygen atoms in total. The first-order valence-electron chi connectivity index (χ1n) is 12.1. The second kappa shape index (κ2) is 18.8. The van der Waals surface area contributed by atoms with Gasteiger partial charge in [0.05, 0.1) is 19.4 Å². The van der Waals surface area contributed by atoms with E-state index < -0.39 is 80.8 Å². The van der Waals surface area contributed by atoms with E-state index in [0.717, 1.165) is 18.6 Å². The number of nitrogens with one attached hydrogen (secondary N) is 1. The molecule has 222 valence electrons. The van der Waals surface area contributed by atoms with Crippen LogP contribution >= 0.6 is 11.8 Å². The van der Waals surface area contributed by atoms with Crippen LogP contribution in [0, 0.1) is 0 Å². The normalized spacial score (nSPS) is 27.0. The van der Waals surface area contributed by atoms with Crippen molar-refractivity contribution in [1.29, 1.82) is 0 Å². The Kier molecular flexibility index (Phi) is 17.1. The van der Waals surface area contributed by atoms with Crippen LogP contribution in [-0.4, -0.2) is 152 Å². The average Bonchev–Trinajstić information content (AvgIpc) is 2.89. The summed E-state index contributed by atoms with van der Waals surface area (Å²) in [6.45, 7) is -0.218. The van der Waals surface area contributed by atoms with E-state index in [1.807, 2.05) is 0 Å². The summed E-state index contributed by atoms with van der Waals surface area (Å²) in [6.07, 6.45) is -12.8. The number of nitrogens with zero attached hydrogens (tertiary/aromatic N) is 1. The Hall–Kier alpha value is -1.44. The van der Waals surface area contributed by atoms with Crippen molar-refractivity contribution in [3.63, 3.8) is 0 Å². The van der Waals surface area contributed by atoms with Crippen molar-refractivity contribution in [2.45, 2.75) is 81.3 Å². The van der Waals surface area contributed by atoms with Crippen LogP contribution in [0.1, 0.15) is 26.2 Å². The molecule has 0 aromatic rings. The molecule has 0 spiro atoms. The number of Topliss-reactive ketones (excluding diaryl/α,β-unsaturated/α-hetero) is 1. The Morgan fingerprint density at radius 2 is 1.79 bits per heavy atom. The number of oxime groups is 1. The molecule has 1 aliphatic heterocycles. The van der Waals surface area contributed by atoms with E-state index in [1.165, 1.54) is 0 Å². The predicted octanol–water partition coefficient (Wildman–Crippen LogP) is -4.14. The monoisotopic (exact) mass is 572 g/mol. The summed E-state index contributed by atoms with van der Waals surface area (Å²) in [5.41, 5.74) is 0. The predicted molar refractivity (Wildman–Crippen MR) is 133 cm³/mol. The minimum Gasteiger partial charge on any atom is -0.394 e. The molecule has 1 saturated heterocycles. The van der Waals surface area contributed by atoms with Crippen LogP contribution in [-0.2, 0) is 23.9 Å². The smallest absolute Gasteiger partial charge is 0.260 e. The molecule has 0 bridgehead atoms. The van der Waals surface area contributed by atoms with Crippen molar-refractivity contribution in [3.8, 4) is 0 Å². The highest BCUT2D eigenvalue weighted by Gasteiger charge is 2.46. The molecule has 16 heteroatoms. The fraction of sp³-hybridized carbons (Fsp3) is 0.864. The fourth-order valence-corrected chi connectivity index (χ4v) is 4.17. The third-order valence-electron chi connectivity index (χ3n) is 5.51. The van der Waals surface area contributed by atoms with Gasteiger partial charge in [0.15, 0.2) is 12.9 Å². The molecule has 1 rings (SSSR count). The lowest BCUT2D eigenvalue weighted by atomic mass is 9.98. The molecule has 38 heavy (non-hydrogen) atoms. The molecule has 9 N–H and O–H groups in total. The van der Waals surface area contributed by atoms with E-state index in [2.05, 4.69) is 10.5 Å². The summed E-state index contributed by atoms with van der Waals surface area (Å²) in [4.78, 5) is 27.4. The van der Waals surface area contributed by atoms with Gasteiger partial charge in [-0.2, -0.15) is 11.8 Å². The standard InChI is InChI=1S/C22H40N2O13S/c1-12(27)4-2-3-6-38-7-5-23-16(30)11-35-24-8-13(28)17(31)21(14(29)9-25)37-22-20(34)19(33)18(32)15(10-26)36-22/h8,13-15,17-22,25-26,28-29,31-34H,2-7,9-11H2,1H3,(H,23,30)/b24-8+/t13?,14?,15?,17-,18-,19+,20?,21-,22-/m1/s1. The lowest BCUT2D eigenvalue weighted by Crippen LogP contribution is -2.61. The number of amides is 1. The van der Waals surface area contributed by atoms with E-state index in [0.29, 0.717) is 24.9 Å². The second-order valence-corrected chi connectivity index (χ2v) is 9.90. The van der Waals surface area contributed by atoms with Crippen LogP contribution in [0.15, 0.2) is 5.16 Å². The first kappa shape index (κ1) is 34.6. The molecule has 0 saturated carbocycles. The summed E-state index contributed by atoms with van der Waals surface area (Å²) in [5, 5.41) is 84.9. The molecule has 0 aromatic carbocycles. The summed E-state index contributed by atoms with van der Waals surface area (Å²) < 4.78 is 10.4. The number of hydrogen-bond donors (Lipinski definition) is 9. The Balaban J connectivity index is 2.46. The summed E-state index contributed by atoms with van der Waals surface area (Å²) in [5.74, 6) is 1.23. The minimum atomic E-state index is -1.96. The second-order valence-electron chi connectivity index (χ2n) is 8.68. The maximum absolute atomic E-state index is 11.8. The zero-order valence-corrected chi connectivity index (χ0v) is 21.9. The van der Waals surface area contributed by atoms with Crippen molar-refractivity contribution in [2.75, 3.05) is 37.9 Å². The van der Waals surface area contributed by atoms with Gasteiger partial charge in [-0.25, -0.2) is 0 Å². The van der Waals surface area contributed by atoms with Gasteiger partial charge in [0.1, 0.15) is 54.6 Å². The molecule has 9 atom stereocenters. The van der Waals surface area contributed by atoms with Crippen molar-refractivity contribution in [3.05, 3.63) is 0 Å². The largest absolute Gasteiger partial charge is 0.394 e. The maximum atomic E-state index is 11.8. The Morgan fingerprint density at radius 1 is 1.08 bits per heavy atom. The fourth-order valence-electron chi connectivity index (χ4n) is 3.31. The van der Waals surface area contributed by atoms with Crippen LogP contribution < -0.4 is 5.32 Å². The topological polar surface area (TPSA) is 248 Å². The number of hydrogen-bond acceptors (Lipinski definition) is 15. The minimum absolute atomic E-state index is 0.163. The summed E-state index contributed by atoms with van der Waals surface area (Å²) >= 11 is 1.63. The van der Waals surface area contributed by atoms with Gasteiger partial charge in [0.25, 0.3) is 5.91 Å². The zero-order chi connectivity index (χ0) is 28.7. The van der Waals surface area contributed by atoms with Crippen LogP contribution in [0.25, 0.3) is 0 Å². The molecule has 4 unspecified atom stereocenters. The Labute approximate surface area is 224 Å². The van der Waals surface area contributed by atoms with Crippen molar-refractivity contribution in [1.82, 2.24) is 5.32 Å². The molecule has 1 aliphatic rings. The summed E-state index contributed by atoms with van der Waals surface area (Å²) in [6, 6.07) is 0. The maximum Gasteiger partial charge on any atom is 0.260 e. The number of ether oxygens (including phenoxy) is 2. The van der Waals surface area contributed by atoms with Crippen LogP contribution in [0.5, 0.6) is 0 Å². The molecule has 1 amide bonds. The average molecular weight is 573 g/mol. The lowest BCUT2D eigenvalue weighted by Gasteiger charge is -2.42. The zero-order valence-electron chi connectivity index (χ0n) is 21.1. The number of rotatable bonds is 19. The highest BCUT2D eigenvalue weighted by atomic mass is 32.2. The molecular formula is C22H40N2O13S. The van der Waals surface area contributed by atoms with Gasteiger partial charge in [0.2, 0.25) is 0 Å². The van der Waals surface area contributed by atoms with Gasteiger partial charge in [-0.15, -0.1) is 0 Å².